The number of rotatable bonds is 1. The van der Waals surface area contributed by atoms with Crippen LogP contribution in [0.3, 0.4) is 0 Å². The molecule has 0 aromatic carbocycles. The molecule has 0 aliphatic heterocycles. The molecular weight excluding hydrogens is 162 g/mol. The molecule has 0 aliphatic rings. The van der Waals surface area contributed by atoms with Crippen molar-refractivity contribution < 1.29 is 4.79 Å². The van der Waals surface area contributed by atoms with Crippen LogP contribution in [0.1, 0.15) is 15.5 Å². The van der Waals surface area contributed by atoms with Gasteiger partial charge in [0.1, 0.15) is 10.7 Å². The zero-order valence-electron chi connectivity index (χ0n) is 5.81. The number of nitrogens with zero attached hydrogens (tertiary/aromatic N) is 3. The first-order valence-electron chi connectivity index (χ1n) is 3.07. The number of fused-ring (bicyclic) bond motifs is 1. The predicted molar refractivity (Wildman–Crippen MR) is 41.0 cm³/mol. The number of imidazole rings is 1. The lowest BCUT2D eigenvalue weighted by atomic mass is 10.6. The van der Waals surface area contributed by atoms with Crippen LogP contribution in [0, 0.1) is 6.92 Å². The Morgan fingerprint density at radius 2 is 2.55 bits per heavy atom. The van der Waals surface area contributed by atoms with Gasteiger partial charge in [0, 0.05) is 0 Å². The Morgan fingerprint density at radius 3 is 3.18 bits per heavy atom. The fourth-order valence-electron chi connectivity index (χ4n) is 0.873. The number of hydrogen-bond acceptors (Lipinski definition) is 4. The van der Waals surface area contributed by atoms with Crippen LogP contribution < -0.4 is 0 Å². The van der Waals surface area contributed by atoms with Gasteiger partial charge in [0.25, 0.3) is 0 Å². The van der Waals surface area contributed by atoms with Gasteiger partial charge in [-0.3, -0.25) is 4.79 Å². The molecule has 0 amide bonds. The van der Waals surface area contributed by atoms with E-state index in [1.54, 1.807) is 10.7 Å². The maximum Gasteiger partial charge on any atom is 0.212 e. The van der Waals surface area contributed by atoms with E-state index in [0.29, 0.717) is 5.69 Å². The molecule has 0 saturated heterocycles. The third kappa shape index (κ3) is 0.932. The summed E-state index contributed by atoms with van der Waals surface area (Å²) in [5, 5.41) is 5.04. The van der Waals surface area contributed by atoms with E-state index in [9.17, 15) is 4.79 Å². The van der Waals surface area contributed by atoms with Gasteiger partial charge in [-0.25, -0.2) is 9.50 Å². The molecule has 5 heteroatoms. The second-order valence-corrected chi connectivity index (χ2v) is 3.29. The van der Waals surface area contributed by atoms with Gasteiger partial charge >= 0.3 is 0 Å². The van der Waals surface area contributed by atoms with Crippen LogP contribution in [0.15, 0.2) is 6.20 Å². The van der Waals surface area contributed by atoms with Gasteiger partial charge in [0.2, 0.25) is 4.96 Å². The van der Waals surface area contributed by atoms with Crippen LogP contribution in [-0.4, -0.2) is 20.9 Å². The molecule has 4 nitrogen and oxygen atoms in total. The Balaban J connectivity index is 2.72. The smallest absolute Gasteiger partial charge is 0.212 e. The Kier molecular flexibility index (Phi) is 1.25. The standard InChI is InChI=1S/C6H5N3OS/c1-4-8-9-2-5(3-10)7-6(9)11-4/h2-3H,1H3. The molecule has 2 heterocycles. The number of aldehydes is 1. The maximum atomic E-state index is 10.3. The molecule has 0 radical (unpaired) electrons. The second-order valence-electron chi connectivity index (χ2n) is 2.13. The summed E-state index contributed by atoms with van der Waals surface area (Å²) in [5.74, 6) is 0. The zero-order chi connectivity index (χ0) is 7.84. The number of carbonyl (C=O) groups excluding carboxylic acids is 1. The Hall–Kier alpha value is -1.23. The van der Waals surface area contributed by atoms with E-state index in [-0.39, 0.29) is 0 Å². The van der Waals surface area contributed by atoms with Gasteiger partial charge < -0.3 is 0 Å². The average Bonchev–Trinajstić information content (AvgIpc) is 2.43. The fraction of sp³-hybridized carbons (Fsp3) is 0.167. The van der Waals surface area contributed by atoms with Gasteiger partial charge in [-0.05, 0) is 6.92 Å². The van der Waals surface area contributed by atoms with Crippen molar-refractivity contribution in [1.82, 2.24) is 14.6 Å². The van der Waals surface area contributed by atoms with Gasteiger partial charge in [-0.1, -0.05) is 11.3 Å². The average molecular weight is 167 g/mol. The third-order valence-corrected chi connectivity index (χ3v) is 2.12. The second kappa shape index (κ2) is 2.13. The summed E-state index contributed by atoms with van der Waals surface area (Å²) >= 11 is 1.47. The molecule has 0 saturated carbocycles. The summed E-state index contributed by atoms with van der Waals surface area (Å²) in [5.41, 5.74) is 0.434. The molecule has 11 heavy (non-hydrogen) atoms. The first-order valence-corrected chi connectivity index (χ1v) is 3.89. The van der Waals surface area contributed by atoms with Crippen LogP contribution >= 0.6 is 11.3 Å². The topological polar surface area (TPSA) is 47.3 Å². The monoisotopic (exact) mass is 167 g/mol. The minimum atomic E-state index is 0.434. The number of aromatic nitrogens is 3. The molecule has 0 fully saturated rings. The molecular formula is C6H5N3OS. The molecule has 0 unspecified atom stereocenters. The quantitative estimate of drug-likeness (QED) is 0.593. The van der Waals surface area contributed by atoms with Gasteiger partial charge in [0.15, 0.2) is 6.29 Å². The van der Waals surface area contributed by atoms with Crippen molar-refractivity contribution in [2.45, 2.75) is 6.92 Å². The molecule has 2 aromatic rings. The maximum absolute atomic E-state index is 10.3. The number of hydrogen-bond donors (Lipinski definition) is 0. The summed E-state index contributed by atoms with van der Waals surface area (Å²) in [4.78, 5) is 15.0. The van der Waals surface area contributed by atoms with Gasteiger partial charge in [-0.15, -0.1) is 0 Å². The molecule has 0 bridgehead atoms. The third-order valence-electron chi connectivity index (χ3n) is 1.28. The van der Waals surface area contributed by atoms with Gasteiger partial charge in [-0.2, -0.15) is 5.10 Å². The summed E-state index contributed by atoms with van der Waals surface area (Å²) in [7, 11) is 0. The highest BCUT2D eigenvalue weighted by atomic mass is 32.1. The van der Waals surface area contributed by atoms with Crippen molar-refractivity contribution in [3.05, 3.63) is 16.9 Å². The first-order chi connectivity index (χ1) is 5.29. The van der Waals surface area contributed by atoms with Crippen molar-refractivity contribution in [3.8, 4) is 0 Å². The molecule has 0 aliphatic carbocycles. The van der Waals surface area contributed by atoms with Gasteiger partial charge in [0.05, 0.1) is 6.20 Å². The van der Waals surface area contributed by atoms with Crippen molar-refractivity contribution in [1.29, 1.82) is 0 Å². The first kappa shape index (κ1) is 6.48. The lowest BCUT2D eigenvalue weighted by Gasteiger charge is -1.74. The SMILES string of the molecule is Cc1nn2cc(C=O)nc2s1. The Morgan fingerprint density at radius 1 is 1.73 bits per heavy atom. The van der Waals surface area contributed by atoms with E-state index in [4.69, 9.17) is 0 Å². The van der Waals surface area contributed by atoms with Crippen LogP contribution in [0.25, 0.3) is 4.96 Å². The highest BCUT2D eigenvalue weighted by Crippen LogP contribution is 2.12. The molecule has 0 N–H and O–H groups in total. The fourth-order valence-corrected chi connectivity index (χ4v) is 1.60. The van der Waals surface area contributed by atoms with Crippen LogP contribution in [0.5, 0.6) is 0 Å². The van der Waals surface area contributed by atoms with E-state index < -0.39 is 0 Å². The van der Waals surface area contributed by atoms with Crippen molar-refractivity contribution in [2.24, 2.45) is 0 Å². The normalized spacial score (nSPS) is 10.6. The molecule has 2 rings (SSSR count). The summed E-state index contributed by atoms with van der Waals surface area (Å²) < 4.78 is 1.61. The molecule has 0 spiro atoms. The number of aryl methyl sites for hydroxylation is 1. The van der Waals surface area contributed by atoms with E-state index in [1.165, 1.54) is 11.3 Å². The van der Waals surface area contributed by atoms with E-state index >= 15 is 0 Å². The predicted octanol–water partition coefficient (Wildman–Crippen LogP) is 0.912. The molecule has 56 valence electrons. The van der Waals surface area contributed by atoms with Crippen LogP contribution in [0.4, 0.5) is 0 Å². The van der Waals surface area contributed by atoms with E-state index in [2.05, 4.69) is 10.1 Å². The van der Waals surface area contributed by atoms with Crippen LogP contribution in [-0.2, 0) is 0 Å². The Bertz CT molecular complexity index is 371. The zero-order valence-corrected chi connectivity index (χ0v) is 6.63. The van der Waals surface area contributed by atoms with Crippen molar-refractivity contribution >= 4 is 22.6 Å². The van der Waals surface area contributed by atoms with Crippen molar-refractivity contribution in [2.75, 3.05) is 0 Å². The molecule has 2 aromatic heterocycles. The van der Waals surface area contributed by atoms with Crippen molar-refractivity contribution in [3.63, 3.8) is 0 Å². The highest BCUT2D eigenvalue weighted by molar-refractivity contribution is 7.16. The lowest BCUT2D eigenvalue weighted by Crippen LogP contribution is -1.80. The largest absolute Gasteiger partial charge is 0.296 e. The number of carbonyl (C=O) groups is 1. The lowest BCUT2D eigenvalue weighted by molar-refractivity contribution is 0.111. The minimum absolute atomic E-state index is 0.434. The van der Waals surface area contributed by atoms with E-state index in [0.717, 1.165) is 16.3 Å². The van der Waals surface area contributed by atoms with Crippen LogP contribution in [0.2, 0.25) is 0 Å². The minimum Gasteiger partial charge on any atom is -0.296 e. The summed E-state index contributed by atoms with van der Waals surface area (Å²) in [6.07, 6.45) is 2.34. The summed E-state index contributed by atoms with van der Waals surface area (Å²) in [6.45, 7) is 1.90. The molecule has 0 atom stereocenters. The van der Waals surface area contributed by atoms with E-state index in [1.807, 2.05) is 6.92 Å². The highest BCUT2D eigenvalue weighted by Gasteiger charge is 2.03. The summed E-state index contributed by atoms with van der Waals surface area (Å²) in [6, 6.07) is 0. The Labute approximate surface area is 66.5 Å².